The van der Waals surface area contributed by atoms with Gasteiger partial charge in [0.2, 0.25) is 6.29 Å². The summed E-state index contributed by atoms with van der Waals surface area (Å²) in [5, 5.41) is 21.2. The number of nitrogens with two attached hydrogens (primary N) is 1. The minimum Gasteiger partial charge on any atom is -0.463 e. The lowest BCUT2D eigenvalue weighted by Gasteiger charge is -2.44. The van der Waals surface area contributed by atoms with E-state index in [1.54, 1.807) is 13.8 Å². The van der Waals surface area contributed by atoms with Crippen LogP contribution in [0.4, 0.5) is 10.1 Å². The number of hydrogen-bond donors (Lipinski definition) is 5. The molecule has 2 saturated heterocycles. The Morgan fingerprint density at radius 3 is 2.50 bits per heavy atom. The first kappa shape index (κ1) is 36.6. The van der Waals surface area contributed by atoms with E-state index in [4.69, 9.17) is 49.8 Å². The number of carbonyl (C=O) groups excluding carboxylic acids is 2. The number of aromatic nitrogens is 3. The lowest BCUT2D eigenvalue weighted by molar-refractivity contribution is -0.262. The van der Waals surface area contributed by atoms with Crippen molar-refractivity contribution in [1.82, 2.24) is 14.5 Å². The van der Waals surface area contributed by atoms with Gasteiger partial charge < -0.3 is 49.2 Å². The molecule has 4 heterocycles. The molecular formula is C24H35FN4O14P2S. The number of halogens is 1. The third-order valence-corrected chi connectivity index (χ3v) is 11.0. The summed E-state index contributed by atoms with van der Waals surface area (Å²) < 4.78 is 65.4. The van der Waals surface area contributed by atoms with Crippen LogP contribution >= 0.6 is 14.5 Å². The number of esters is 2. The first-order chi connectivity index (χ1) is 21.4. The molecule has 4 rings (SSSR count). The van der Waals surface area contributed by atoms with Crippen molar-refractivity contribution in [1.29, 1.82) is 0 Å². The molecule has 2 fully saturated rings. The summed E-state index contributed by atoms with van der Waals surface area (Å²) in [4.78, 5) is 52.3. The second-order valence-electron chi connectivity index (χ2n) is 10.8. The zero-order valence-corrected chi connectivity index (χ0v) is 27.5. The van der Waals surface area contributed by atoms with Crippen molar-refractivity contribution in [3.8, 4) is 0 Å². The molecule has 2 aromatic rings. The van der Waals surface area contributed by atoms with Crippen LogP contribution in [0, 0.1) is 11.8 Å². The topological polar surface area (TPSA) is 253 Å². The number of alkyl halides is 1. The Hall–Kier alpha value is -2.19. The Labute approximate surface area is 266 Å². The number of fused-ring (bicyclic) bond motifs is 1. The molecule has 2 aliphatic rings. The molecule has 0 bridgehead atoms. The van der Waals surface area contributed by atoms with Gasteiger partial charge in [0.25, 0.3) is 0 Å². The molecular weight excluding hydrogens is 681 g/mol. The summed E-state index contributed by atoms with van der Waals surface area (Å²) >= 11 is 4.85. The fourth-order valence-corrected chi connectivity index (χ4v) is 8.15. The van der Waals surface area contributed by atoms with Crippen LogP contribution in [0.2, 0.25) is 0 Å². The third-order valence-electron chi connectivity index (χ3n) is 7.48. The van der Waals surface area contributed by atoms with Crippen molar-refractivity contribution >= 4 is 55.1 Å². The number of ether oxygens (including phenoxy) is 4. The van der Waals surface area contributed by atoms with Gasteiger partial charge in [0.1, 0.15) is 30.4 Å². The number of hydrogen-bond acceptors (Lipinski definition) is 16. The Balaban J connectivity index is 1.42. The number of rotatable bonds is 12. The fourth-order valence-electron chi connectivity index (χ4n) is 5.06. The number of nitrogen functional groups attached to an aromatic ring is 1. The Bertz CT molecular complexity index is 1520. The van der Waals surface area contributed by atoms with Gasteiger partial charge in [-0.3, -0.25) is 18.7 Å². The van der Waals surface area contributed by atoms with Crippen molar-refractivity contribution in [2.75, 3.05) is 18.9 Å². The van der Waals surface area contributed by atoms with E-state index >= 15 is 0 Å². The molecule has 2 aliphatic heterocycles. The highest BCUT2D eigenvalue weighted by molar-refractivity contribution is 8.08. The van der Waals surface area contributed by atoms with Crippen molar-refractivity contribution < 1.29 is 70.8 Å². The van der Waals surface area contributed by atoms with Crippen molar-refractivity contribution in [2.45, 2.75) is 76.9 Å². The van der Waals surface area contributed by atoms with E-state index in [-0.39, 0.29) is 5.65 Å². The molecule has 12 atom stereocenters. The number of nitrogens with zero attached hydrogens (tertiary/aromatic N) is 3. The predicted molar refractivity (Wildman–Crippen MR) is 156 cm³/mol. The smallest absolute Gasteiger partial charge is 0.463 e. The normalized spacial score (nSPS) is 33.2. The lowest BCUT2D eigenvalue weighted by Crippen LogP contribution is -2.55. The average molecular weight is 717 g/mol. The fraction of sp³-hybridized carbons (Fsp3) is 0.667. The second kappa shape index (κ2) is 14.5. The zero-order chi connectivity index (χ0) is 34.1. The van der Waals surface area contributed by atoms with Crippen LogP contribution in [0.1, 0.15) is 33.9 Å². The van der Waals surface area contributed by atoms with Crippen LogP contribution < -0.4 is 5.73 Å². The summed E-state index contributed by atoms with van der Waals surface area (Å²) in [5.41, 5.74) is 6.78. The molecule has 0 amide bonds. The number of phosphoric ester groups is 1. The summed E-state index contributed by atoms with van der Waals surface area (Å²) in [7, 11) is -5.41. The van der Waals surface area contributed by atoms with Crippen LogP contribution in [0.15, 0.2) is 18.6 Å². The van der Waals surface area contributed by atoms with E-state index in [2.05, 4.69) is 9.97 Å². The van der Waals surface area contributed by atoms with Gasteiger partial charge in [-0.2, -0.15) is 0 Å². The maximum Gasteiger partial charge on any atom is 0.481 e. The quantitative estimate of drug-likeness (QED) is 0.151. The van der Waals surface area contributed by atoms with Gasteiger partial charge in [0.15, 0.2) is 24.2 Å². The van der Waals surface area contributed by atoms with Gasteiger partial charge in [-0.25, -0.2) is 23.2 Å². The molecule has 258 valence electrons. The Morgan fingerprint density at radius 2 is 1.85 bits per heavy atom. The third kappa shape index (κ3) is 8.44. The van der Waals surface area contributed by atoms with E-state index in [1.165, 1.54) is 23.2 Å². The first-order valence-corrected chi connectivity index (χ1v) is 17.9. The van der Waals surface area contributed by atoms with Crippen molar-refractivity contribution in [2.24, 2.45) is 11.8 Å². The summed E-state index contributed by atoms with van der Waals surface area (Å²) in [6, 6.07) is 1.52. The molecule has 22 heteroatoms. The van der Waals surface area contributed by atoms with Gasteiger partial charge in [-0.1, -0.05) is 13.8 Å². The molecule has 2 aromatic heterocycles. The monoisotopic (exact) mass is 716 g/mol. The number of pyridine rings is 1. The molecule has 6 N–H and O–H groups in total. The van der Waals surface area contributed by atoms with E-state index in [0.717, 1.165) is 13.8 Å². The second-order valence-corrected chi connectivity index (χ2v) is 15.2. The highest BCUT2D eigenvalue weighted by Crippen LogP contribution is 2.62. The summed E-state index contributed by atoms with van der Waals surface area (Å²) in [5.74, 6) is -2.92. The molecule has 5 unspecified atom stereocenters. The maximum atomic E-state index is 15.0. The summed E-state index contributed by atoms with van der Waals surface area (Å²) in [6.45, 7) is -0.796. The number of aliphatic hydroxyl groups excluding tert-OH is 2. The molecule has 46 heavy (non-hydrogen) atoms. The number of imidazole rings is 1. The molecule has 0 saturated carbocycles. The van der Waals surface area contributed by atoms with Crippen LogP contribution in [0.3, 0.4) is 0 Å². The molecule has 0 spiro atoms. The van der Waals surface area contributed by atoms with E-state index in [1.807, 2.05) is 0 Å². The van der Waals surface area contributed by atoms with Crippen LogP contribution in [0.5, 0.6) is 0 Å². The van der Waals surface area contributed by atoms with E-state index in [0.29, 0.717) is 11.2 Å². The number of carbonyl (C=O) groups is 2. The SMILES string of the molecule is CC(=O)OC[C@H](F)C1O[C@@H](OP(=O)(O)OP(O)(=S)OC[C@H]2O[C@@H](n3cnc4c(N)ccnc43)[C@@H](O)C2O)C(OC(C)=O)[C@@H](C)[C@@H]1C. The number of phosphoric acid groups is 1. The van der Waals surface area contributed by atoms with E-state index < -0.39 is 101 Å². The average Bonchev–Trinajstić information content (AvgIpc) is 3.50. The van der Waals surface area contributed by atoms with Crippen LogP contribution in [-0.4, -0.2) is 103 Å². The number of anilines is 1. The molecule has 18 nitrogen and oxygen atoms in total. The minimum absolute atomic E-state index is 0.250. The first-order valence-electron chi connectivity index (χ1n) is 13.8. The predicted octanol–water partition coefficient (Wildman–Crippen LogP) is 0.830. The van der Waals surface area contributed by atoms with Crippen molar-refractivity contribution in [3.05, 3.63) is 18.6 Å². The van der Waals surface area contributed by atoms with Gasteiger partial charge in [0.05, 0.1) is 24.7 Å². The Kier molecular flexibility index (Phi) is 11.6. The highest BCUT2D eigenvalue weighted by Gasteiger charge is 2.51. The minimum atomic E-state index is -5.41. The van der Waals surface area contributed by atoms with Gasteiger partial charge in [0, 0.05) is 26.0 Å². The largest absolute Gasteiger partial charge is 0.481 e. The molecule has 0 aromatic carbocycles. The lowest BCUT2D eigenvalue weighted by atomic mass is 9.82. The van der Waals surface area contributed by atoms with Crippen LogP contribution in [0.25, 0.3) is 11.2 Å². The van der Waals surface area contributed by atoms with E-state index in [9.17, 15) is 38.5 Å². The molecule has 0 aliphatic carbocycles. The Morgan fingerprint density at radius 1 is 1.15 bits per heavy atom. The van der Waals surface area contributed by atoms with Crippen molar-refractivity contribution in [3.63, 3.8) is 0 Å². The number of aliphatic hydroxyl groups is 2. The van der Waals surface area contributed by atoms with Crippen LogP contribution in [-0.2, 0) is 58.3 Å². The maximum absolute atomic E-state index is 15.0. The van der Waals surface area contributed by atoms with Gasteiger partial charge in [-0.05, 0) is 23.8 Å². The highest BCUT2D eigenvalue weighted by atomic mass is 32.5. The standard InChI is InChI=1S/C24H35FN4O14P2S/c1-10-11(2)21(39-13(4)31)24(41-20(10)14(25)7-37-12(3)30)42-44(34,35)43-45(36,46)38-8-16-18(32)19(33)23(40-16)29-9-28-17-15(26)5-6-27-22(17)29/h5-6,9-11,14,16,18-21,23-24,32-33H,7-8H2,1-4H3,(H2,26,27)(H,34,35)(H,36,46)/t10-,11-,14-,16+,18?,19-,20?,21?,23+,24-,45?/m0/s1. The molecule has 0 radical (unpaired) electrons. The zero-order valence-electron chi connectivity index (χ0n) is 24.9. The van der Waals surface area contributed by atoms with Gasteiger partial charge >= 0.3 is 26.5 Å². The summed E-state index contributed by atoms with van der Waals surface area (Å²) in [6.07, 6.45) is -9.44. The van der Waals surface area contributed by atoms with Gasteiger partial charge in [-0.15, -0.1) is 0 Å².